The molecule has 1 heterocycles. The maximum Gasteiger partial charge on any atom is 0.0537 e. The van der Waals surface area contributed by atoms with Gasteiger partial charge in [0.15, 0.2) is 0 Å². The van der Waals surface area contributed by atoms with Crippen LogP contribution in [0.4, 0.5) is 0 Å². The number of aromatic nitrogens is 2. The van der Waals surface area contributed by atoms with Gasteiger partial charge in [0.2, 0.25) is 0 Å². The van der Waals surface area contributed by atoms with E-state index in [1.54, 1.807) is 0 Å². The molecule has 0 atom stereocenters. The average Bonchev–Trinajstić information content (AvgIpc) is 2.64. The number of nitrogens with one attached hydrogen (secondary N) is 1. The van der Waals surface area contributed by atoms with Crippen molar-refractivity contribution in [1.82, 2.24) is 15.1 Å². The van der Waals surface area contributed by atoms with Crippen molar-refractivity contribution in [2.75, 3.05) is 0 Å². The lowest BCUT2D eigenvalue weighted by Gasteiger charge is -2.20. The molecule has 3 nitrogen and oxygen atoms in total. The molecule has 1 rings (SSSR count). The first-order chi connectivity index (χ1) is 8.37. The van der Waals surface area contributed by atoms with E-state index >= 15 is 0 Å². The van der Waals surface area contributed by atoms with E-state index in [9.17, 15) is 0 Å². The van der Waals surface area contributed by atoms with E-state index in [0.29, 0.717) is 0 Å². The van der Waals surface area contributed by atoms with Gasteiger partial charge in [0.05, 0.1) is 6.20 Å². The van der Waals surface area contributed by atoms with Crippen LogP contribution in [0, 0.1) is 12.8 Å². The van der Waals surface area contributed by atoms with Crippen molar-refractivity contribution in [3.63, 3.8) is 0 Å². The third kappa shape index (κ3) is 4.45. The predicted molar refractivity (Wildman–Crippen MR) is 77.6 cm³/mol. The van der Waals surface area contributed by atoms with Crippen molar-refractivity contribution < 1.29 is 0 Å². The third-order valence-corrected chi connectivity index (χ3v) is 3.60. The molecule has 1 aromatic rings. The molecule has 0 aliphatic rings. The zero-order chi connectivity index (χ0) is 13.8. The number of hydrogen-bond acceptors (Lipinski definition) is 2. The van der Waals surface area contributed by atoms with E-state index in [4.69, 9.17) is 0 Å². The van der Waals surface area contributed by atoms with Crippen LogP contribution < -0.4 is 5.32 Å². The van der Waals surface area contributed by atoms with Gasteiger partial charge in [-0.05, 0) is 33.6 Å². The first-order valence-corrected chi connectivity index (χ1v) is 7.13. The Morgan fingerprint density at radius 3 is 2.39 bits per heavy atom. The second kappa shape index (κ2) is 6.37. The Morgan fingerprint density at radius 1 is 1.28 bits per heavy atom. The van der Waals surface area contributed by atoms with Crippen LogP contribution in [-0.2, 0) is 13.1 Å². The predicted octanol–water partition coefficient (Wildman–Crippen LogP) is 3.52. The first-order valence-electron chi connectivity index (χ1n) is 7.13. The fourth-order valence-electron chi connectivity index (χ4n) is 1.99. The van der Waals surface area contributed by atoms with Crippen molar-refractivity contribution in [3.8, 4) is 0 Å². The molecule has 0 saturated heterocycles. The van der Waals surface area contributed by atoms with E-state index < -0.39 is 0 Å². The van der Waals surface area contributed by atoms with Crippen LogP contribution >= 0.6 is 0 Å². The minimum absolute atomic E-state index is 0.157. The average molecular weight is 251 g/mol. The minimum atomic E-state index is 0.157. The van der Waals surface area contributed by atoms with Crippen LogP contribution in [0.3, 0.4) is 0 Å². The molecule has 0 spiro atoms. The molecule has 3 heteroatoms. The lowest BCUT2D eigenvalue weighted by Crippen LogP contribution is -2.35. The minimum Gasteiger partial charge on any atom is -0.308 e. The van der Waals surface area contributed by atoms with Gasteiger partial charge in [-0.25, -0.2) is 0 Å². The van der Waals surface area contributed by atoms with Gasteiger partial charge < -0.3 is 5.32 Å². The quantitative estimate of drug-likeness (QED) is 0.838. The zero-order valence-corrected chi connectivity index (χ0v) is 12.9. The smallest absolute Gasteiger partial charge is 0.0537 e. The van der Waals surface area contributed by atoms with Crippen molar-refractivity contribution in [2.24, 2.45) is 5.92 Å². The molecule has 0 aliphatic heterocycles. The van der Waals surface area contributed by atoms with Crippen LogP contribution in [0.2, 0.25) is 0 Å². The van der Waals surface area contributed by atoms with Gasteiger partial charge in [-0.1, -0.05) is 26.7 Å². The summed E-state index contributed by atoms with van der Waals surface area (Å²) in [5.74, 6) is 0.743. The lowest BCUT2D eigenvalue weighted by atomic mass is 10.0. The zero-order valence-electron chi connectivity index (χ0n) is 12.9. The molecule has 0 aliphatic carbocycles. The SMILES string of the molecule is CCC(CC)Cn1ncc(CNC(C)(C)C)c1C. The summed E-state index contributed by atoms with van der Waals surface area (Å²) >= 11 is 0. The highest BCUT2D eigenvalue weighted by molar-refractivity contribution is 5.16. The molecular weight excluding hydrogens is 222 g/mol. The molecule has 18 heavy (non-hydrogen) atoms. The van der Waals surface area contributed by atoms with Crippen LogP contribution in [0.5, 0.6) is 0 Å². The van der Waals surface area contributed by atoms with E-state index in [0.717, 1.165) is 19.0 Å². The normalized spacial score (nSPS) is 12.4. The van der Waals surface area contributed by atoms with Gasteiger partial charge in [-0.3, -0.25) is 4.68 Å². The number of nitrogens with zero attached hydrogens (tertiary/aromatic N) is 2. The highest BCUT2D eigenvalue weighted by Crippen LogP contribution is 2.15. The maximum atomic E-state index is 4.53. The number of hydrogen-bond donors (Lipinski definition) is 1. The molecule has 104 valence electrons. The second-order valence-electron chi connectivity index (χ2n) is 6.22. The Balaban J connectivity index is 2.66. The highest BCUT2D eigenvalue weighted by Gasteiger charge is 2.13. The van der Waals surface area contributed by atoms with Crippen LogP contribution in [0.15, 0.2) is 6.20 Å². The summed E-state index contributed by atoms with van der Waals surface area (Å²) in [5.41, 5.74) is 2.78. The fraction of sp³-hybridized carbons (Fsp3) is 0.800. The van der Waals surface area contributed by atoms with Gasteiger partial charge in [-0.2, -0.15) is 5.10 Å². The van der Waals surface area contributed by atoms with E-state index in [2.05, 4.69) is 56.6 Å². The topological polar surface area (TPSA) is 29.9 Å². The molecule has 0 unspecified atom stereocenters. The molecule has 0 fully saturated rings. The molecule has 1 N–H and O–H groups in total. The summed E-state index contributed by atoms with van der Waals surface area (Å²) in [5, 5.41) is 8.05. The van der Waals surface area contributed by atoms with E-state index in [1.807, 2.05) is 6.20 Å². The Morgan fingerprint density at radius 2 is 1.89 bits per heavy atom. The summed E-state index contributed by atoms with van der Waals surface area (Å²) in [6.45, 7) is 15.2. The van der Waals surface area contributed by atoms with Crippen LogP contribution in [0.1, 0.15) is 58.7 Å². The summed E-state index contributed by atoms with van der Waals surface area (Å²) < 4.78 is 2.16. The standard InChI is InChI=1S/C15H29N3/c1-7-13(8-2)11-18-12(3)14(10-17-18)9-16-15(4,5)6/h10,13,16H,7-9,11H2,1-6H3. The van der Waals surface area contributed by atoms with Crippen molar-refractivity contribution in [3.05, 3.63) is 17.5 Å². The molecule has 0 aromatic carbocycles. The number of rotatable bonds is 6. The summed E-state index contributed by atoms with van der Waals surface area (Å²) in [7, 11) is 0. The van der Waals surface area contributed by atoms with Gasteiger partial charge in [-0.15, -0.1) is 0 Å². The van der Waals surface area contributed by atoms with E-state index in [-0.39, 0.29) is 5.54 Å². The summed E-state index contributed by atoms with van der Waals surface area (Å²) in [4.78, 5) is 0. The van der Waals surface area contributed by atoms with Crippen molar-refractivity contribution in [2.45, 2.75) is 73.0 Å². The van der Waals surface area contributed by atoms with Gasteiger partial charge in [0.1, 0.15) is 0 Å². The van der Waals surface area contributed by atoms with Gasteiger partial charge in [0.25, 0.3) is 0 Å². The maximum absolute atomic E-state index is 4.53. The monoisotopic (exact) mass is 251 g/mol. The largest absolute Gasteiger partial charge is 0.308 e. The molecule has 0 radical (unpaired) electrons. The Kier molecular flexibility index (Phi) is 5.39. The third-order valence-electron chi connectivity index (χ3n) is 3.60. The second-order valence-corrected chi connectivity index (χ2v) is 6.22. The highest BCUT2D eigenvalue weighted by atomic mass is 15.3. The van der Waals surface area contributed by atoms with Crippen molar-refractivity contribution >= 4 is 0 Å². The summed E-state index contributed by atoms with van der Waals surface area (Å²) in [6, 6.07) is 0. The van der Waals surface area contributed by atoms with Crippen molar-refractivity contribution in [1.29, 1.82) is 0 Å². The molecule has 1 aromatic heterocycles. The summed E-state index contributed by atoms with van der Waals surface area (Å²) in [6.07, 6.45) is 4.47. The Hall–Kier alpha value is -0.830. The van der Waals surface area contributed by atoms with Crippen LogP contribution in [-0.4, -0.2) is 15.3 Å². The van der Waals surface area contributed by atoms with Crippen LogP contribution in [0.25, 0.3) is 0 Å². The molecule has 0 bridgehead atoms. The first kappa shape index (κ1) is 15.2. The Labute approximate surface area is 112 Å². The molecular formula is C15H29N3. The van der Waals surface area contributed by atoms with Gasteiger partial charge >= 0.3 is 0 Å². The molecule has 0 amide bonds. The fourth-order valence-corrected chi connectivity index (χ4v) is 1.99. The lowest BCUT2D eigenvalue weighted by molar-refractivity contribution is 0.390. The van der Waals surface area contributed by atoms with E-state index in [1.165, 1.54) is 24.1 Å². The van der Waals surface area contributed by atoms with Gasteiger partial charge in [0, 0.05) is 29.9 Å². The molecule has 0 saturated carbocycles. The Bertz CT molecular complexity index is 356.